The number of Topliss-reactive ketones (excluding diaryl/α,β-unsaturated/α-hetero) is 1. The molecule has 0 radical (unpaired) electrons. The number of aromatic nitrogens is 3. The smallest absolute Gasteiger partial charge is 0.276 e. The Labute approximate surface area is 165 Å². The maximum atomic E-state index is 13.3. The van der Waals surface area contributed by atoms with Crippen LogP contribution in [0.15, 0.2) is 36.5 Å². The van der Waals surface area contributed by atoms with Crippen LogP contribution in [0.3, 0.4) is 0 Å². The Bertz CT molecular complexity index is 883. The van der Waals surface area contributed by atoms with Crippen molar-refractivity contribution in [3.05, 3.63) is 47.8 Å². The fourth-order valence-corrected chi connectivity index (χ4v) is 4.62. The molecule has 2 fully saturated rings. The molecule has 1 saturated carbocycles. The van der Waals surface area contributed by atoms with Crippen LogP contribution in [0.5, 0.6) is 0 Å². The Morgan fingerprint density at radius 1 is 1.18 bits per heavy atom. The highest BCUT2D eigenvalue weighted by Gasteiger charge is 2.57. The lowest BCUT2D eigenvalue weighted by Gasteiger charge is -2.61. The van der Waals surface area contributed by atoms with Crippen molar-refractivity contribution in [3.8, 4) is 0 Å². The van der Waals surface area contributed by atoms with Gasteiger partial charge >= 0.3 is 0 Å². The number of hydrogen-bond donors (Lipinski definition) is 0. The van der Waals surface area contributed by atoms with Crippen molar-refractivity contribution in [2.24, 2.45) is 11.3 Å². The fourth-order valence-electron chi connectivity index (χ4n) is 4.62. The second kappa shape index (κ2) is 6.83. The van der Waals surface area contributed by atoms with Gasteiger partial charge in [-0.15, -0.1) is 5.10 Å². The first-order valence-electron chi connectivity index (χ1n) is 10.1. The number of amides is 1. The first-order chi connectivity index (χ1) is 13.3. The molecule has 1 aliphatic carbocycles. The summed E-state index contributed by atoms with van der Waals surface area (Å²) in [7, 11) is 0. The number of benzene rings is 1. The van der Waals surface area contributed by atoms with Gasteiger partial charge in [-0.2, -0.15) is 0 Å². The Morgan fingerprint density at radius 2 is 1.93 bits per heavy atom. The number of fused-ring (bicyclic) bond motifs is 1. The normalized spacial score (nSPS) is 24.4. The van der Waals surface area contributed by atoms with Gasteiger partial charge in [0.2, 0.25) is 0 Å². The highest BCUT2D eigenvalue weighted by atomic mass is 16.2. The number of likely N-dealkylation sites (tertiary alicyclic amines) is 1. The lowest BCUT2D eigenvalue weighted by Crippen LogP contribution is -2.67. The summed E-state index contributed by atoms with van der Waals surface area (Å²) in [6.07, 6.45) is 6.12. The predicted molar refractivity (Wildman–Crippen MR) is 106 cm³/mol. The van der Waals surface area contributed by atoms with E-state index in [0.717, 1.165) is 25.8 Å². The van der Waals surface area contributed by atoms with Gasteiger partial charge in [0, 0.05) is 17.9 Å². The molecule has 0 bridgehead atoms. The Kier molecular flexibility index (Phi) is 4.60. The van der Waals surface area contributed by atoms with E-state index in [0.29, 0.717) is 11.6 Å². The maximum absolute atomic E-state index is 13.3. The topological polar surface area (TPSA) is 68.1 Å². The summed E-state index contributed by atoms with van der Waals surface area (Å²) < 4.78 is 1.48. The van der Waals surface area contributed by atoms with Crippen molar-refractivity contribution in [1.82, 2.24) is 19.9 Å². The second-order valence-electron chi connectivity index (χ2n) is 9.12. The molecule has 1 amide bonds. The monoisotopic (exact) mass is 380 g/mol. The quantitative estimate of drug-likeness (QED) is 0.815. The molecule has 1 aromatic carbocycles. The van der Waals surface area contributed by atoms with Gasteiger partial charge in [0.15, 0.2) is 11.5 Å². The number of carbonyl (C=O) groups is 2. The van der Waals surface area contributed by atoms with Gasteiger partial charge in [0.25, 0.3) is 5.91 Å². The van der Waals surface area contributed by atoms with Crippen molar-refractivity contribution in [2.45, 2.75) is 58.5 Å². The zero-order valence-corrected chi connectivity index (χ0v) is 16.9. The maximum Gasteiger partial charge on any atom is 0.276 e. The Balaban J connectivity index is 1.58. The minimum Gasteiger partial charge on any atom is -0.327 e. The van der Waals surface area contributed by atoms with Crippen LogP contribution in [-0.4, -0.2) is 38.1 Å². The molecule has 2 atom stereocenters. The number of nitrogens with zero attached hydrogens (tertiary/aromatic N) is 4. The third kappa shape index (κ3) is 3.05. The van der Waals surface area contributed by atoms with Crippen molar-refractivity contribution in [3.63, 3.8) is 0 Å². The molecule has 1 saturated heterocycles. The van der Waals surface area contributed by atoms with Crippen LogP contribution in [0, 0.1) is 11.3 Å². The van der Waals surface area contributed by atoms with Crippen molar-refractivity contribution in [2.75, 3.05) is 6.54 Å². The van der Waals surface area contributed by atoms with E-state index in [4.69, 9.17) is 0 Å². The average molecular weight is 380 g/mol. The largest absolute Gasteiger partial charge is 0.327 e. The summed E-state index contributed by atoms with van der Waals surface area (Å²) >= 11 is 0. The van der Waals surface area contributed by atoms with E-state index < -0.39 is 5.41 Å². The molecule has 2 aliphatic rings. The number of hydrogen-bond acceptors (Lipinski definition) is 4. The SMILES string of the molecule is CC(C)(C)C(=O)Cn1cc(C(=O)N2CC3CCCCC32c2ccccc2)nn1. The zero-order valence-electron chi connectivity index (χ0n) is 16.9. The van der Waals surface area contributed by atoms with Crippen LogP contribution in [0.1, 0.15) is 62.5 Å². The first-order valence-corrected chi connectivity index (χ1v) is 10.1. The predicted octanol–water partition coefficient (Wildman–Crippen LogP) is 3.43. The number of carbonyl (C=O) groups excluding carboxylic acids is 2. The molecule has 148 valence electrons. The minimum atomic E-state index is -0.444. The van der Waals surface area contributed by atoms with Gasteiger partial charge in [-0.05, 0) is 18.4 Å². The van der Waals surface area contributed by atoms with Crippen LogP contribution in [-0.2, 0) is 16.9 Å². The van der Waals surface area contributed by atoms with Crippen molar-refractivity contribution >= 4 is 11.7 Å². The molecule has 28 heavy (non-hydrogen) atoms. The summed E-state index contributed by atoms with van der Waals surface area (Å²) in [6, 6.07) is 10.4. The van der Waals surface area contributed by atoms with Crippen LogP contribution in [0.4, 0.5) is 0 Å². The summed E-state index contributed by atoms with van der Waals surface area (Å²) in [5.74, 6) is 0.482. The third-order valence-corrected chi connectivity index (χ3v) is 6.34. The van der Waals surface area contributed by atoms with E-state index >= 15 is 0 Å². The van der Waals surface area contributed by atoms with Crippen LogP contribution in [0.25, 0.3) is 0 Å². The molecule has 6 heteroatoms. The van der Waals surface area contributed by atoms with Crippen LogP contribution in [0.2, 0.25) is 0 Å². The highest BCUT2D eigenvalue weighted by Crippen LogP contribution is 2.54. The van der Waals surface area contributed by atoms with E-state index in [1.54, 1.807) is 6.20 Å². The molecule has 0 N–H and O–H groups in total. The number of ketones is 1. The van der Waals surface area contributed by atoms with Gasteiger partial charge in [-0.1, -0.05) is 69.2 Å². The van der Waals surface area contributed by atoms with Crippen molar-refractivity contribution in [1.29, 1.82) is 0 Å². The molecule has 0 spiro atoms. The molecular weight excluding hydrogens is 352 g/mol. The molecule has 2 unspecified atom stereocenters. The third-order valence-electron chi connectivity index (χ3n) is 6.34. The lowest BCUT2D eigenvalue weighted by atomic mass is 9.61. The van der Waals surface area contributed by atoms with E-state index in [2.05, 4.69) is 22.4 Å². The van der Waals surface area contributed by atoms with E-state index in [1.807, 2.05) is 43.9 Å². The summed E-state index contributed by atoms with van der Waals surface area (Å²) in [5.41, 5.74) is 0.873. The Morgan fingerprint density at radius 3 is 2.61 bits per heavy atom. The summed E-state index contributed by atoms with van der Waals surface area (Å²) in [4.78, 5) is 27.5. The molecular formula is C22H28N4O2. The van der Waals surface area contributed by atoms with Gasteiger partial charge < -0.3 is 4.90 Å². The second-order valence-corrected chi connectivity index (χ2v) is 9.12. The summed E-state index contributed by atoms with van der Waals surface area (Å²) in [6.45, 7) is 6.54. The van der Waals surface area contributed by atoms with Crippen LogP contribution >= 0.6 is 0 Å². The summed E-state index contributed by atoms with van der Waals surface area (Å²) in [5, 5.41) is 8.12. The molecule has 1 aromatic heterocycles. The Hall–Kier alpha value is -2.50. The zero-order chi connectivity index (χ0) is 19.9. The standard InChI is InChI=1S/C22H28N4O2/c1-21(2,3)19(27)15-25-14-18(23-24-25)20(28)26-13-17-11-7-8-12-22(17,26)16-9-5-4-6-10-16/h4-6,9-10,14,17H,7-8,11-13,15H2,1-3H3. The van der Waals surface area contributed by atoms with E-state index in [1.165, 1.54) is 16.7 Å². The van der Waals surface area contributed by atoms with Crippen molar-refractivity contribution < 1.29 is 9.59 Å². The van der Waals surface area contributed by atoms with E-state index in [9.17, 15) is 9.59 Å². The van der Waals surface area contributed by atoms with Crippen LogP contribution < -0.4 is 0 Å². The minimum absolute atomic E-state index is 0.0634. The average Bonchev–Trinajstić information content (AvgIpc) is 3.11. The van der Waals surface area contributed by atoms with Gasteiger partial charge in [-0.25, -0.2) is 4.68 Å². The van der Waals surface area contributed by atoms with E-state index in [-0.39, 0.29) is 23.8 Å². The lowest BCUT2D eigenvalue weighted by molar-refractivity contribution is -0.127. The first kappa shape index (κ1) is 18.8. The molecule has 1 aliphatic heterocycles. The number of rotatable bonds is 4. The van der Waals surface area contributed by atoms with Gasteiger partial charge in [-0.3, -0.25) is 9.59 Å². The van der Waals surface area contributed by atoms with Gasteiger partial charge in [0.05, 0.1) is 11.7 Å². The fraction of sp³-hybridized carbons (Fsp3) is 0.545. The highest BCUT2D eigenvalue weighted by molar-refractivity contribution is 5.93. The molecule has 4 rings (SSSR count). The van der Waals surface area contributed by atoms with Gasteiger partial charge in [0.1, 0.15) is 6.54 Å². The molecule has 2 aromatic rings. The molecule has 6 nitrogen and oxygen atoms in total. The molecule has 2 heterocycles.